The zero-order valence-electron chi connectivity index (χ0n) is 11.6. The van der Waals surface area contributed by atoms with Crippen LogP contribution in [0.25, 0.3) is 0 Å². The van der Waals surface area contributed by atoms with Gasteiger partial charge in [0.15, 0.2) is 0 Å². The monoisotopic (exact) mass is 305 g/mol. The second kappa shape index (κ2) is 7.34. The molecular weight excluding hydrogens is 285 g/mol. The average Bonchev–Trinajstić information content (AvgIpc) is 2.25. The number of rotatable bonds is 6. The maximum atomic E-state index is 6.15. The molecule has 0 heterocycles. The van der Waals surface area contributed by atoms with Gasteiger partial charge in [-0.05, 0) is 51.4 Å². The SMILES string of the molecule is CC(C)(C)OCCOc1c(Cl)cc(Cl)cc1CCN. The summed E-state index contributed by atoms with van der Waals surface area (Å²) >= 11 is 12.1. The second-order valence-electron chi connectivity index (χ2n) is 5.22. The molecule has 0 atom stereocenters. The lowest BCUT2D eigenvalue weighted by atomic mass is 10.1. The molecule has 2 N–H and O–H groups in total. The van der Waals surface area contributed by atoms with Crippen LogP contribution in [-0.4, -0.2) is 25.4 Å². The largest absolute Gasteiger partial charge is 0.489 e. The molecule has 1 aromatic rings. The first-order chi connectivity index (χ1) is 8.83. The van der Waals surface area contributed by atoms with E-state index in [0.717, 1.165) is 5.56 Å². The molecule has 0 amide bonds. The quantitative estimate of drug-likeness (QED) is 0.815. The molecule has 1 aromatic carbocycles. The Hall–Kier alpha value is -0.480. The number of halogens is 2. The van der Waals surface area contributed by atoms with Crippen LogP contribution in [0.5, 0.6) is 5.75 Å². The second-order valence-corrected chi connectivity index (χ2v) is 6.07. The number of ether oxygens (including phenoxy) is 2. The first-order valence-electron chi connectivity index (χ1n) is 6.28. The zero-order valence-corrected chi connectivity index (χ0v) is 13.1. The van der Waals surface area contributed by atoms with Gasteiger partial charge in [0.05, 0.1) is 17.2 Å². The summed E-state index contributed by atoms with van der Waals surface area (Å²) in [4.78, 5) is 0. The van der Waals surface area contributed by atoms with E-state index in [0.29, 0.717) is 42.0 Å². The maximum absolute atomic E-state index is 6.15. The van der Waals surface area contributed by atoms with Gasteiger partial charge < -0.3 is 15.2 Å². The van der Waals surface area contributed by atoms with Crippen LogP contribution >= 0.6 is 23.2 Å². The molecule has 0 fully saturated rings. The lowest BCUT2D eigenvalue weighted by Gasteiger charge is -2.20. The summed E-state index contributed by atoms with van der Waals surface area (Å²) in [6.07, 6.45) is 0.676. The Morgan fingerprint density at radius 1 is 1.16 bits per heavy atom. The molecule has 0 saturated heterocycles. The molecule has 0 aliphatic heterocycles. The van der Waals surface area contributed by atoms with Crippen LogP contribution in [0.2, 0.25) is 10.0 Å². The van der Waals surface area contributed by atoms with Gasteiger partial charge in [-0.2, -0.15) is 0 Å². The van der Waals surface area contributed by atoms with Gasteiger partial charge in [0.2, 0.25) is 0 Å². The van der Waals surface area contributed by atoms with Gasteiger partial charge in [-0.15, -0.1) is 0 Å². The highest BCUT2D eigenvalue weighted by molar-refractivity contribution is 6.35. The molecule has 0 saturated carbocycles. The van der Waals surface area contributed by atoms with Crippen LogP contribution < -0.4 is 10.5 Å². The highest BCUT2D eigenvalue weighted by Crippen LogP contribution is 2.32. The highest BCUT2D eigenvalue weighted by Gasteiger charge is 2.12. The van der Waals surface area contributed by atoms with Gasteiger partial charge in [-0.3, -0.25) is 0 Å². The van der Waals surface area contributed by atoms with Crippen LogP contribution in [0.1, 0.15) is 26.3 Å². The number of benzene rings is 1. The Balaban J connectivity index is 2.66. The third-order valence-corrected chi connectivity index (χ3v) is 2.86. The summed E-state index contributed by atoms with van der Waals surface area (Å²) in [7, 11) is 0. The lowest BCUT2D eigenvalue weighted by Crippen LogP contribution is -2.22. The van der Waals surface area contributed by atoms with Crippen LogP contribution in [0.4, 0.5) is 0 Å². The van der Waals surface area contributed by atoms with Crippen LogP contribution in [0, 0.1) is 0 Å². The van der Waals surface area contributed by atoms with Crippen molar-refractivity contribution in [2.24, 2.45) is 5.73 Å². The van der Waals surface area contributed by atoms with Crippen molar-refractivity contribution in [2.75, 3.05) is 19.8 Å². The standard InChI is InChI=1S/C14H21Cl2NO2/c1-14(2,3)19-7-6-18-13-10(4-5-17)8-11(15)9-12(13)16/h8-9H,4-7,17H2,1-3H3. The molecule has 3 nitrogen and oxygen atoms in total. The van der Waals surface area contributed by atoms with Gasteiger partial charge >= 0.3 is 0 Å². The molecule has 5 heteroatoms. The van der Waals surface area contributed by atoms with E-state index in [1.165, 1.54) is 0 Å². The minimum absolute atomic E-state index is 0.173. The summed E-state index contributed by atoms with van der Waals surface area (Å²) in [5, 5.41) is 1.10. The molecular formula is C14H21Cl2NO2. The normalized spacial score (nSPS) is 11.7. The van der Waals surface area contributed by atoms with E-state index in [2.05, 4.69) is 0 Å². The van der Waals surface area contributed by atoms with Gasteiger partial charge in [-0.1, -0.05) is 23.2 Å². The topological polar surface area (TPSA) is 44.5 Å². The Morgan fingerprint density at radius 3 is 2.42 bits per heavy atom. The minimum atomic E-state index is -0.173. The summed E-state index contributed by atoms with van der Waals surface area (Å²) in [5.41, 5.74) is 6.33. The predicted octanol–water partition coefficient (Wildman–Crippen LogP) is 3.69. The van der Waals surface area contributed by atoms with E-state index >= 15 is 0 Å². The number of hydrogen-bond acceptors (Lipinski definition) is 3. The maximum Gasteiger partial charge on any atom is 0.141 e. The molecule has 0 aliphatic rings. The van der Waals surface area contributed by atoms with Gasteiger partial charge in [0.1, 0.15) is 12.4 Å². The van der Waals surface area contributed by atoms with Gasteiger partial charge in [0, 0.05) is 5.02 Å². The fraction of sp³-hybridized carbons (Fsp3) is 0.571. The zero-order chi connectivity index (χ0) is 14.5. The van der Waals surface area contributed by atoms with E-state index in [1.54, 1.807) is 6.07 Å². The molecule has 0 bridgehead atoms. The van der Waals surface area contributed by atoms with E-state index in [9.17, 15) is 0 Å². The summed E-state index contributed by atoms with van der Waals surface area (Å²) in [5.74, 6) is 0.647. The molecule has 0 aromatic heterocycles. The van der Waals surface area contributed by atoms with E-state index in [1.807, 2.05) is 26.8 Å². The minimum Gasteiger partial charge on any atom is -0.489 e. The Labute approximate surface area is 125 Å². The summed E-state index contributed by atoms with van der Waals surface area (Å²) in [6, 6.07) is 3.50. The molecule has 108 valence electrons. The van der Waals surface area contributed by atoms with Crippen LogP contribution in [-0.2, 0) is 11.2 Å². The van der Waals surface area contributed by atoms with Crippen molar-refractivity contribution in [3.63, 3.8) is 0 Å². The predicted molar refractivity (Wildman–Crippen MR) is 80.4 cm³/mol. The molecule has 19 heavy (non-hydrogen) atoms. The number of nitrogens with two attached hydrogens (primary N) is 1. The van der Waals surface area contributed by atoms with Crippen molar-refractivity contribution in [2.45, 2.75) is 32.8 Å². The molecule has 0 unspecified atom stereocenters. The Bertz CT molecular complexity index is 417. The van der Waals surface area contributed by atoms with Gasteiger partial charge in [-0.25, -0.2) is 0 Å². The van der Waals surface area contributed by atoms with Crippen molar-refractivity contribution in [3.8, 4) is 5.75 Å². The smallest absolute Gasteiger partial charge is 0.141 e. The summed E-state index contributed by atoms with van der Waals surface area (Å²) < 4.78 is 11.3. The first-order valence-corrected chi connectivity index (χ1v) is 7.04. The van der Waals surface area contributed by atoms with E-state index in [-0.39, 0.29) is 5.60 Å². The fourth-order valence-corrected chi connectivity index (χ4v) is 2.20. The third kappa shape index (κ3) is 6.00. The Morgan fingerprint density at radius 2 is 1.84 bits per heavy atom. The van der Waals surface area contributed by atoms with Crippen LogP contribution in [0.15, 0.2) is 12.1 Å². The molecule has 1 rings (SSSR count). The molecule has 0 aliphatic carbocycles. The fourth-order valence-electron chi connectivity index (χ4n) is 1.61. The number of hydrogen-bond donors (Lipinski definition) is 1. The van der Waals surface area contributed by atoms with E-state index in [4.69, 9.17) is 38.4 Å². The first kappa shape index (κ1) is 16.6. The molecule has 0 radical (unpaired) electrons. The molecule has 0 spiro atoms. The van der Waals surface area contributed by atoms with Crippen molar-refractivity contribution < 1.29 is 9.47 Å². The third-order valence-electron chi connectivity index (χ3n) is 2.36. The van der Waals surface area contributed by atoms with Crippen LogP contribution in [0.3, 0.4) is 0 Å². The lowest BCUT2D eigenvalue weighted by molar-refractivity contribution is -0.0163. The Kier molecular flexibility index (Phi) is 6.40. The van der Waals surface area contributed by atoms with Crippen molar-refractivity contribution in [1.82, 2.24) is 0 Å². The van der Waals surface area contributed by atoms with Crippen molar-refractivity contribution in [1.29, 1.82) is 0 Å². The van der Waals surface area contributed by atoms with Gasteiger partial charge in [0.25, 0.3) is 0 Å². The van der Waals surface area contributed by atoms with Crippen molar-refractivity contribution in [3.05, 3.63) is 27.7 Å². The van der Waals surface area contributed by atoms with Crippen molar-refractivity contribution >= 4 is 23.2 Å². The summed E-state index contributed by atoms with van der Waals surface area (Å²) in [6.45, 7) is 7.47. The van der Waals surface area contributed by atoms with E-state index < -0.39 is 0 Å². The highest BCUT2D eigenvalue weighted by atomic mass is 35.5. The average molecular weight is 306 g/mol.